The number of benzene rings is 2. The van der Waals surface area contributed by atoms with Crippen molar-refractivity contribution in [3.05, 3.63) is 81.5 Å². The molecule has 10 heteroatoms. The van der Waals surface area contributed by atoms with Crippen molar-refractivity contribution in [1.29, 1.82) is 0 Å². The Morgan fingerprint density at radius 1 is 1.09 bits per heavy atom. The number of alkyl halides is 3. The van der Waals surface area contributed by atoms with Gasteiger partial charge in [0.1, 0.15) is 6.54 Å². The lowest BCUT2D eigenvalue weighted by Crippen LogP contribution is -2.29. The molecule has 2 aromatic heterocycles. The van der Waals surface area contributed by atoms with E-state index < -0.39 is 17.6 Å². The van der Waals surface area contributed by atoms with E-state index in [1.165, 1.54) is 16.5 Å². The Bertz CT molecular complexity index is 1480. The van der Waals surface area contributed by atoms with E-state index in [2.05, 4.69) is 10.3 Å². The van der Waals surface area contributed by atoms with Gasteiger partial charge in [-0.2, -0.15) is 13.2 Å². The van der Waals surface area contributed by atoms with Crippen LogP contribution in [0.2, 0.25) is 0 Å². The lowest BCUT2D eigenvalue weighted by molar-refractivity contribution is -0.137. The second kappa shape index (κ2) is 8.94. The van der Waals surface area contributed by atoms with Crippen LogP contribution in [0.4, 0.5) is 24.5 Å². The molecule has 0 aliphatic rings. The predicted octanol–water partition coefficient (Wildman–Crippen LogP) is 4.58. The van der Waals surface area contributed by atoms with E-state index in [1.54, 1.807) is 42.7 Å². The summed E-state index contributed by atoms with van der Waals surface area (Å²) >= 11 is 0. The summed E-state index contributed by atoms with van der Waals surface area (Å²) in [7, 11) is 0. The quantitative estimate of drug-likeness (QED) is 0.406. The molecular weight excluding hydrogens is 459 g/mol. The SMILES string of the molecule is CCc1c(-c2ccccc2N)c(=O)n2c(C)c(C)nc2n1CC(=O)Nc1ccc(C(F)(F)F)cc1. The van der Waals surface area contributed by atoms with E-state index in [1.807, 2.05) is 6.92 Å². The molecule has 1 amide bonds. The highest BCUT2D eigenvalue weighted by Crippen LogP contribution is 2.30. The molecule has 0 bridgehead atoms. The van der Waals surface area contributed by atoms with Crippen molar-refractivity contribution >= 4 is 23.1 Å². The molecular formula is C25H24F3N5O2. The Morgan fingerprint density at radius 2 is 1.74 bits per heavy atom. The van der Waals surface area contributed by atoms with E-state index in [0.29, 0.717) is 46.1 Å². The third-order valence-corrected chi connectivity index (χ3v) is 5.96. The zero-order valence-electron chi connectivity index (χ0n) is 19.4. The molecule has 3 N–H and O–H groups in total. The van der Waals surface area contributed by atoms with Gasteiger partial charge in [-0.1, -0.05) is 25.1 Å². The van der Waals surface area contributed by atoms with Gasteiger partial charge in [0.25, 0.3) is 5.56 Å². The van der Waals surface area contributed by atoms with Gasteiger partial charge in [-0.15, -0.1) is 0 Å². The topological polar surface area (TPSA) is 94.4 Å². The van der Waals surface area contributed by atoms with Crippen molar-refractivity contribution in [1.82, 2.24) is 14.0 Å². The van der Waals surface area contributed by atoms with Crippen LogP contribution in [0.3, 0.4) is 0 Å². The number of para-hydroxylation sites is 1. The highest BCUT2D eigenvalue weighted by molar-refractivity contribution is 5.91. The van der Waals surface area contributed by atoms with Crippen LogP contribution in [0.25, 0.3) is 16.9 Å². The van der Waals surface area contributed by atoms with Crippen molar-refractivity contribution in [2.75, 3.05) is 11.1 Å². The van der Waals surface area contributed by atoms with Gasteiger partial charge >= 0.3 is 6.18 Å². The molecule has 0 saturated carbocycles. The first kappa shape index (κ1) is 24.1. The Morgan fingerprint density at radius 3 is 2.34 bits per heavy atom. The fourth-order valence-electron chi connectivity index (χ4n) is 4.12. The van der Waals surface area contributed by atoms with Crippen molar-refractivity contribution in [2.24, 2.45) is 0 Å². The third-order valence-electron chi connectivity index (χ3n) is 5.96. The monoisotopic (exact) mass is 483 g/mol. The summed E-state index contributed by atoms with van der Waals surface area (Å²) in [4.78, 5) is 31.1. The summed E-state index contributed by atoms with van der Waals surface area (Å²) in [6.45, 7) is 5.20. The number of aryl methyl sites for hydroxylation is 2. The van der Waals surface area contributed by atoms with E-state index >= 15 is 0 Å². The maximum atomic E-state index is 13.6. The lowest BCUT2D eigenvalue weighted by Gasteiger charge is -2.19. The van der Waals surface area contributed by atoms with Crippen molar-refractivity contribution in [3.63, 3.8) is 0 Å². The molecule has 0 aliphatic heterocycles. The molecule has 7 nitrogen and oxygen atoms in total. The van der Waals surface area contributed by atoms with Gasteiger partial charge in [0.15, 0.2) is 0 Å². The van der Waals surface area contributed by atoms with Gasteiger partial charge in [-0.3, -0.25) is 9.59 Å². The largest absolute Gasteiger partial charge is 0.416 e. The Labute approximate surface area is 199 Å². The van der Waals surface area contributed by atoms with E-state index in [4.69, 9.17) is 5.73 Å². The predicted molar refractivity (Wildman–Crippen MR) is 128 cm³/mol. The first-order chi connectivity index (χ1) is 16.5. The van der Waals surface area contributed by atoms with E-state index in [-0.39, 0.29) is 17.8 Å². The number of halogens is 3. The van der Waals surface area contributed by atoms with Crippen LogP contribution in [0.5, 0.6) is 0 Å². The number of hydrogen-bond donors (Lipinski definition) is 2. The number of nitrogens with two attached hydrogens (primary N) is 1. The van der Waals surface area contributed by atoms with Crippen molar-refractivity contribution < 1.29 is 18.0 Å². The molecule has 4 aromatic rings. The second-order valence-corrected chi connectivity index (χ2v) is 8.20. The van der Waals surface area contributed by atoms with Gasteiger partial charge in [0.2, 0.25) is 11.7 Å². The number of amides is 1. The number of nitrogens with zero attached hydrogens (tertiary/aromatic N) is 3. The number of nitrogen functional groups attached to an aromatic ring is 1. The maximum absolute atomic E-state index is 13.6. The number of aromatic nitrogens is 3. The summed E-state index contributed by atoms with van der Waals surface area (Å²) in [5, 5.41) is 2.62. The normalized spacial score (nSPS) is 11.7. The number of nitrogens with one attached hydrogen (secondary N) is 1. The summed E-state index contributed by atoms with van der Waals surface area (Å²) in [6.07, 6.45) is -4.06. The van der Waals surface area contributed by atoms with Crippen LogP contribution in [-0.4, -0.2) is 19.9 Å². The fourth-order valence-corrected chi connectivity index (χ4v) is 4.12. The van der Waals surface area contributed by atoms with Crippen LogP contribution in [0, 0.1) is 13.8 Å². The first-order valence-corrected chi connectivity index (χ1v) is 11.0. The molecule has 0 aliphatic carbocycles. The number of carbonyl (C=O) groups is 1. The molecule has 0 fully saturated rings. The molecule has 0 atom stereocenters. The maximum Gasteiger partial charge on any atom is 0.416 e. The third kappa shape index (κ3) is 4.39. The number of imidazole rings is 1. The summed E-state index contributed by atoms with van der Waals surface area (Å²) in [5.41, 5.74) is 8.54. The minimum absolute atomic E-state index is 0.205. The van der Waals surface area contributed by atoms with Gasteiger partial charge in [-0.25, -0.2) is 9.38 Å². The van der Waals surface area contributed by atoms with Crippen LogP contribution in [0.1, 0.15) is 29.6 Å². The van der Waals surface area contributed by atoms with Crippen molar-refractivity contribution in [2.45, 2.75) is 39.9 Å². The number of carbonyl (C=O) groups excluding carboxylic acids is 1. The number of anilines is 2. The van der Waals surface area contributed by atoms with Crippen LogP contribution in [-0.2, 0) is 23.9 Å². The van der Waals surface area contributed by atoms with Crippen LogP contribution >= 0.6 is 0 Å². The summed E-state index contributed by atoms with van der Waals surface area (Å²) in [6, 6.07) is 11.2. The molecule has 0 saturated heterocycles. The number of hydrogen-bond acceptors (Lipinski definition) is 4. The van der Waals surface area contributed by atoms with Gasteiger partial charge in [0.05, 0.1) is 16.8 Å². The zero-order valence-corrected chi connectivity index (χ0v) is 19.4. The summed E-state index contributed by atoms with van der Waals surface area (Å²) in [5.74, 6) is -0.169. The van der Waals surface area contributed by atoms with Crippen LogP contribution in [0.15, 0.2) is 53.3 Å². The van der Waals surface area contributed by atoms with Gasteiger partial charge < -0.3 is 15.6 Å². The standard InChI is InChI=1S/C25H24F3N5O2/c1-4-20-22(18-7-5-6-8-19(18)29)23(35)33-15(3)14(2)30-24(33)32(20)13-21(34)31-17-11-9-16(10-12-17)25(26,27)28/h5-12H,4,13,29H2,1-3H3,(H,31,34). The van der Waals surface area contributed by atoms with E-state index in [9.17, 15) is 22.8 Å². The summed E-state index contributed by atoms with van der Waals surface area (Å²) < 4.78 is 41.6. The Kier molecular flexibility index (Phi) is 6.14. The fraction of sp³-hybridized carbons (Fsp3) is 0.240. The Hall–Kier alpha value is -4.08. The molecule has 4 rings (SSSR count). The van der Waals surface area contributed by atoms with Gasteiger partial charge in [-0.05, 0) is 50.6 Å². The molecule has 0 unspecified atom stereocenters. The first-order valence-electron chi connectivity index (χ1n) is 11.0. The van der Waals surface area contributed by atoms with E-state index in [0.717, 1.165) is 12.1 Å². The van der Waals surface area contributed by atoms with Crippen molar-refractivity contribution in [3.8, 4) is 11.1 Å². The highest BCUT2D eigenvalue weighted by Gasteiger charge is 2.30. The smallest absolute Gasteiger partial charge is 0.398 e. The number of fused-ring (bicyclic) bond motifs is 1. The molecule has 0 spiro atoms. The Balaban J connectivity index is 1.82. The van der Waals surface area contributed by atoms with Gasteiger partial charge in [0, 0.05) is 28.3 Å². The number of rotatable bonds is 5. The average Bonchev–Trinajstić information content (AvgIpc) is 3.10. The lowest BCUT2D eigenvalue weighted by atomic mass is 10.0. The second-order valence-electron chi connectivity index (χ2n) is 8.20. The minimum Gasteiger partial charge on any atom is -0.398 e. The zero-order chi connectivity index (χ0) is 25.5. The average molecular weight is 483 g/mol. The minimum atomic E-state index is -4.47. The highest BCUT2D eigenvalue weighted by atomic mass is 19.4. The molecule has 35 heavy (non-hydrogen) atoms. The molecule has 2 heterocycles. The molecule has 0 radical (unpaired) electrons. The van der Waals surface area contributed by atoms with Crippen LogP contribution < -0.4 is 16.6 Å². The molecule has 2 aromatic carbocycles. The molecule has 182 valence electrons.